The van der Waals surface area contributed by atoms with Gasteiger partial charge in [0, 0.05) is 10.9 Å². The maximum Gasteiger partial charge on any atom is 0.304 e. The smallest absolute Gasteiger partial charge is 0.304 e. The second-order valence-corrected chi connectivity index (χ2v) is 3.97. The van der Waals surface area contributed by atoms with E-state index in [1.54, 1.807) is 5.38 Å². The summed E-state index contributed by atoms with van der Waals surface area (Å²) in [6.45, 7) is 0.263. The van der Waals surface area contributed by atoms with Crippen LogP contribution in [0.4, 0.5) is 0 Å². The number of hydrogen-bond acceptors (Lipinski definition) is 4. The summed E-state index contributed by atoms with van der Waals surface area (Å²) < 4.78 is 10.5. The van der Waals surface area contributed by atoms with Gasteiger partial charge in [-0.2, -0.15) is 0 Å². The Balaban J connectivity index is 2.10. The number of aromatic amines is 1. The predicted octanol–water partition coefficient (Wildman–Crippen LogP) is 1.83. The van der Waals surface area contributed by atoms with Crippen LogP contribution >= 0.6 is 11.3 Å². The Bertz CT molecular complexity index is 558. The molecular weight excluding hydrogens is 214 g/mol. The number of H-pyrrole nitrogens is 1. The summed E-state index contributed by atoms with van der Waals surface area (Å²) in [6.07, 6.45) is 0. The standard InChI is InChI=1S/C10H7NO3S/c12-10-11-7(4-15-10)6-1-2-8-9(3-6)14-5-13-8/h1-4H,5H2,(H,11,12). The molecule has 76 valence electrons. The molecule has 0 bridgehead atoms. The molecule has 5 heteroatoms. The first kappa shape index (κ1) is 8.55. The first-order chi connectivity index (χ1) is 7.33. The van der Waals surface area contributed by atoms with Crippen LogP contribution in [0.2, 0.25) is 0 Å². The number of rotatable bonds is 1. The van der Waals surface area contributed by atoms with Gasteiger partial charge in [-0.25, -0.2) is 0 Å². The van der Waals surface area contributed by atoms with E-state index < -0.39 is 0 Å². The van der Waals surface area contributed by atoms with Crippen LogP contribution in [0.3, 0.4) is 0 Å². The zero-order valence-corrected chi connectivity index (χ0v) is 8.47. The Morgan fingerprint density at radius 1 is 1.27 bits per heavy atom. The van der Waals surface area contributed by atoms with E-state index in [-0.39, 0.29) is 11.7 Å². The molecule has 15 heavy (non-hydrogen) atoms. The number of ether oxygens (including phenoxy) is 2. The molecule has 1 aromatic carbocycles. The van der Waals surface area contributed by atoms with Crippen LogP contribution in [0.15, 0.2) is 28.4 Å². The van der Waals surface area contributed by atoms with Crippen LogP contribution in [-0.2, 0) is 0 Å². The summed E-state index contributed by atoms with van der Waals surface area (Å²) in [5.41, 5.74) is 1.74. The van der Waals surface area contributed by atoms with Crippen molar-refractivity contribution < 1.29 is 9.47 Å². The van der Waals surface area contributed by atoms with Crippen molar-refractivity contribution in [2.24, 2.45) is 0 Å². The molecule has 1 aromatic heterocycles. The number of aromatic nitrogens is 1. The molecule has 3 rings (SSSR count). The fraction of sp³-hybridized carbons (Fsp3) is 0.100. The second-order valence-electron chi connectivity index (χ2n) is 3.13. The predicted molar refractivity (Wildman–Crippen MR) is 56.5 cm³/mol. The lowest BCUT2D eigenvalue weighted by Gasteiger charge is -1.99. The van der Waals surface area contributed by atoms with E-state index in [0.717, 1.165) is 34.1 Å². The number of benzene rings is 1. The Kier molecular flexibility index (Phi) is 1.78. The summed E-state index contributed by atoms with van der Waals surface area (Å²) >= 11 is 1.15. The Labute approximate surface area is 89.1 Å². The Morgan fingerprint density at radius 2 is 2.13 bits per heavy atom. The minimum absolute atomic E-state index is 0.0531. The lowest BCUT2D eigenvalue weighted by Crippen LogP contribution is -1.93. The van der Waals surface area contributed by atoms with Crippen molar-refractivity contribution in [1.29, 1.82) is 0 Å². The van der Waals surface area contributed by atoms with E-state index in [1.165, 1.54) is 0 Å². The molecule has 2 aromatic rings. The van der Waals surface area contributed by atoms with Gasteiger partial charge in [-0.05, 0) is 18.2 Å². The van der Waals surface area contributed by atoms with Crippen molar-refractivity contribution in [3.8, 4) is 22.8 Å². The second kappa shape index (κ2) is 3.13. The highest BCUT2D eigenvalue weighted by atomic mass is 32.1. The van der Waals surface area contributed by atoms with Gasteiger partial charge in [-0.3, -0.25) is 4.79 Å². The zero-order valence-electron chi connectivity index (χ0n) is 7.65. The van der Waals surface area contributed by atoms with Crippen molar-refractivity contribution in [3.63, 3.8) is 0 Å². The van der Waals surface area contributed by atoms with Gasteiger partial charge in [0.25, 0.3) is 0 Å². The monoisotopic (exact) mass is 221 g/mol. The molecule has 1 aliphatic rings. The van der Waals surface area contributed by atoms with Gasteiger partial charge >= 0.3 is 4.87 Å². The molecule has 0 saturated heterocycles. The minimum Gasteiger partial charge on any atom is -0.454 e. The van der Waals surface area contributed by atoms with Crippen molar-refractivity contribution >= 4 is 11.3 Å². The molecule has 2 heterocycles. The van der Waals surface area contributed by atoms with Crippen LogP contribution in [0, 0.1) is 0 Å². The third-order valence-electron chi connectivity index (χ3n) is 2.20. The van der Waals surface area contributed by atoms with Gasteiger partial charge in [0.1, 0.15) is 0 Å². The largest absolute Gasteiger partial charge is 0.454 e. The van der Waals surface area contributed by atoms with Crippen LogP contribution in [0.1, 0.15) is 0 Å². The van der Waals surface area contributed by atoms with E-state index >= 15 is 0 Å². The first-order valence-electron chi connectivity index (χ1n) is 4.41. The van der Waals surface area contributed by atoms with Crippen molar-refractivity contribution in [2.75, 3.05) is 6.79 Å². The van der Waals surface area contributed by atoms with Gasteiger partial charge in [0.15, 0.2) is 11.5 Å². The summed E-state index contributed by atoms with van der Waals surface area (Å²) in [5.74, 6) is 1.47. The van der Waals surface area contributed by atoms with Crippen molar-refractivity contribution in [1.82, 2.24) is 4.98 Å². The Hall–Kier alpha value is -1.75. The molecule has 1 aliphatic heterocycles. The SMILES string of the molecule is O=c1[nH]c(-c2ccc3c(c2)OCO3)cs1. The van der Waals surface area contributed by atoms with E-state index in [1.807, 2.05) is 18.2 Å². The molecule has 0 unspecified atom stereocenters. The minimum atomic E-state index is -0.0531. The molecule has 1 N–H and O–H groups in total. The number of hydrogen-bond donors (Lipinski definition) is 1. The normalized spacial score (nSPS) is 13.1. The van der Waals surface area contributed by atoms with Crippen LogP contribution < -0.4 is 14.3 Å². The van der Waals surface area contributed by atoms with E-state index in [2.05, 4.69) is 4.98 Å². The first-order valence-corrected chi connectivity index (χ1v) is 5.29. The number of fused-ring (bicyclic) bond motifs is 1. The van der Waals surface area contributed by atoms with Gasteiger partial charge in [0.05, 0.1) is 5.69 Å². The van der Waals surface area contributed by atoms with Crippen LogP contribution in [-0.4, -0.2) is 11.8 Å². The third-order valence-corrected chi connectivity index (χ3v) is 2.87. The summed E-state index contributed by atoms with van der Waals surface area (Å²) in [4.78, 5) is 13.7. The molecule has 0 spiro atoms. The summed E-state index contributed by atoms with van der Waals surface area (Å²) in [5, 5.41) is 1.79. The van der Waals surface area contributed by atoms with Gasteiger partial charge in [0.2, 0.25) is 6.79 Å². The highest BCUT2D eigenvalue weighted by Gasteiger charge is 2.14. The maximum absolute atomic E-state index is 11.0. The molecule has 0 radical (unpaired) electrons. The van der Waals surface area contributed by atoms with Crippen molar-refractivity contribution in [2.45, 2.75) is 0 Å². The molecule has 0 saturated carbocycles. The highest BCUT2D eigenvalue weighted by molar-refractivity contribution is 7.07. The van der Waals surface area contributed by atoms with Crippen LogP contribution in [0.25, 0.3) is 11.3 Å². The summed E-state index contributed by atoms with van der Waals surface area (Å²) in [7, 11) is 0. The lowest BCUT2D eigenvalue weighted by atomic mass is 10.1. The molecule has 4 nitrogen and oxygen atoms in total. The van der Waals surface area contributed by atoms with Gasteiger partial charge < -0.3 is 14.5 Å². The quantitative estimate of drug-likeness (QED) is 0.799. The zero-order chi connectivity index (χ0) is 10.3. The number of thiazole rings is 1. The van der Waals surface area contributed by atoms with E-state index in [0.29, 0.717) is 0 Å². The van der Waals surface area contributed by atoms with Gasteiger partial charge in [-0.1, -0.05) is 11.3 Å². The van der Waals surface area contributed by atoms with E-state index in [4.69, 9.17) is 9.47 Å². The molecule has 0 atom stereocenters. The van der Waals surface area contributed by atoms with E-state index in [9.17, 15) is 4.79 Å². The third kappa shape index (κ3) is 1.41. The molecule has 0 fully saturated rings. The highest BCUT2D eigenvalue weighted by Crippen LogP contribution is 2.35. The average molecular weight is 221 g/mol. The molecular formula is C10H7NO3S. The summed E-state index contributed by atoms with van der Waals surface area (Å²) in [6, 6.07) is 5.60. The topological polar surface area (TPSA) is 51.3 Å². The lowest BCUT2D eigenvalue weighted by molar-refractivity contribution is 0.174. The average Bonchev–Trinajstić information content (AvgIpc) is 2.84. The molecule has 0 amide bonds. The maximum atomic E-state index is 11.0. The fourth-order valence-electron chi connectivity index (χ4n) is 1.49. The number of nitrogens with one attached hydrogen (secondary N) is 1. The molecule has 0 aliphatic carbocycles. The van der Waals surface area contributed by atoms with Gasteiger partial charge in [-0.15, -0.1) is 0 Å². The fourth-order valence-corrected chi connectivity index (χ4v) is 2.07. The Morgan fingerprint density at radius 3 is 2.93 bits per heavy atom. The van der Waals surface area contributed by atoms with Crippen molar-refractivity contribution in [3.05, 3.63) is 33.2 Å². The van der Waals surface area contributed by atoms with Crippen LogP contribution in [0.5, 0.6) is 11.5 Å².